The maximum absolute atomic E-state index is 11.4. The molecule has 2 atom stereocenters. The molecule has 6 heteroatoms. The fourth-order valence-electron chi connectivity index (χ4n) is 3.10. The molecule has 0 aromatic heterocycles. The van der Waals surface area contributed by atoms with Gasteiger partial charge in [0.1, 0.15) is 0 Å². The molecule has 0 aliphatic heterocycles. The predicted octanol–water partition coefficient (Wildman–Crippen LogP) is 2.16. The van der Waals surface area contributed by atoms with E-state index in [0.29, 0.717) is 12.8 Å². The first-order valence-electron chi connectivity index (χ1n) is 10.0. The Kier molecular flexibility index (Phi) is 20.5. The standard InChI is InChI=1S/C19H40O4S.Na/c1-3-4-5-6-10-13-16-19(24(21,22)23)17-14-11-8-7-9-12-15-18(2)20;/h18-20H,3-17H2,1-2H3,(H,21,22,23);/q;+1/p-1. The summed E-state index contributed by atoms with van der Waals surface area (Å²) < 4.78 is 34.2. The van der Waals surface area contributed by atoms with Crippen molar-refractivity contribution in [3.8, 4) is 0 Å². The van der Waals surface area contributed by atoms with Gasteiger partial charge in [0, 0.05) is 5.25 Å². The molecular weight excluding hydrogens is 347 g/mol. The van der Waals surface area contributed by atoms with Gasteiger partial charge in [0.25, 0.3) is 0 Å². The monoisotopic (exact) mass is 386 g/mol. The third-order valence-corrected chi connectivity index (χ3v) is 5.97. The van der Waals surface area contributed by atoms with Crippen molar-refractivity contribution in [2.45, 2.75) is 122 Å². The summed E-state index contributed by atoms with van der Waals surface area (Å²) in [5.41, 5.74) is 0. The van der Waals surface area contributed by atoms with E-state index in [1.54, 1.807) is 0 Å². The zero-order valence-corrected chi connectivity index (χ0v) is 19.7. The van der Waals surface area contributed by atoms with Crippen LogP contribution in [-0.2, 0) is 10.1 Å². The van der Waals surface area contributed by atoms with Crippen LogP contribution < -0.4 is 29.6 Å². The van der Waals surface area contributed by atoms with E-state index in [2.05, 4.69) is 6.92 Å². The number of unbranched alkanes of at least 4 members (excludes halogenated alkanes) is 10. The minimum Gasteiger partial charge on any atom is -0.748 e. The minimum atomic E-state index is -4.15. The molecule has 0 aliphatic rings. The smallest absolute Gasteiger partial charge is 0.748 e. The van der Waals surface area contributed by atoms with Crippen molar-refractivity contribution in [1.82, 2.24) is 0 Å². The molecule has 0 radical (unpaired) electrons. The van der Waals surface area contributed by atoms with Crippen molar-refractivity contribution in [2.24, 2.45) is 0 Å². The summed E-state index contributed by atoms with van der Waals surface area (Å²) in [6.07, 6.45) is 14.6. The van der Waals surface area contributed by atoms with Crippen LogP contribution in [0.25, 0.3) is 0 Å². The Bertz CT molecular complexity index is 372. The quantitative estimate of drug-likeness (QED) is 0.236. The van der Waals surface area contributed by atoms with Gasteiger partial charge in [-0.25, -0.2) is 8.42 Å². The first-order chi connectivity index (χ1) is 11.4. The summed E-state index contributed by atoms with van der Waals surface area (Å²) in [4.78, 5) is 0. The Morgan fingerprint density at radius 3 is 1.48 bits per heavy atom. The number of aliphatic hydroxyl groups excluding tert-OH is 1. The van der Waals surface area contributed by atoms with Crippen molar-refractivity contribution >= 4 is 10.1 Å². The van der Waals surface area contributed by atoms with Gasteiger partial charge >= 0.3 is 29.6 Å². The largest absolute Gasteiger partial charge is 1.00 e. The topological polar surface area (TPSA) is 77.4 Å². The molecule has 0 rings (SSSR count). The summed E-state index contributed by atoms with van der Waals surface area (Å²) in [6.45, 7) is 3.99. The van der Waals surface area contributed by atoms with Crippen molar-refractivity contribution in [1.29, 1.82) is 0 Å². The Morgan fingerprint density at radius 2 is 1.12 bits per heavy atom. The van der Waals surface area contributed by atoms with Crippen LogP contribution in [0.4, 0.5) is 0 Å². The summed E-state index contributed by atoms with van der Waals surface area (Å²) in [7, 11) is -4.15. The van der Waals surface area contributed by atoms with Gasteiger partial charge in [0.05, 0.1) is 16.2 Å². The van der Waals surface area contributed by atoms with E-state index in [0.717, 1.165) is 64.2 Å². The molecule has 4 nitrogen and oxygen atoms in total. The summed E-state index contributed by atoms with van der Waals surface area (Å²) in [5, 5.41) is 8.49. The SMILES string of the molecule is CCCCCCCCC(CCCCCCCCC(C)O)S(=O)(=O)[O-].[Na+]. The maximum Gasteiger partial charge on any atom is 1.00 e. The second-order valence-corrected chi connectivity index (χ2v) is 8.87. The molecule has 0 aromatic rings. The maximum atomic E-state index is 11.4. The average molecular weight is 387 g/mol. The zero-order chi connectivity index (χ0) is 18.3. The number of hydrogen-bond donors (Lipinski definition) is 1. The molecule has 0 heterocycles. The molecule has 1 N–H and O–H groups in total. The summed E-state index contributed by atoms with van der Waals surface area (Å²) in [6, 6.07) is 0. The van der Waals surface area contributed by atoms with E-state index in [9.17, 15) is 18.1 Å². The van der Waals surface area contributed by atoms with Crippen LogP contribution in [0, 0.1) is 0 Å². The van der Waals surface area contributed by atoms with E-state index in [4.69, 9.17) is 0 Å². The molecule has 146 valence electrons. The van der Waals surface area contributed by atoms with Crippen molar-refractivity contribution < 1.29 is 47.6 Å². The minimum absolute atomic E-state index is 0. The summed E-state index contributed by atoms with van der Waals surface area (Å²) in [5.74, 6) is 0. The van der Waals surface area contributed by atoms with Crippen molar-refractivity contribution in [3.63, 3.8) is 0 Å². The molecule has 0 saturated heterocycles. The van der Waals surface area contributed by atoms with Gasteiger partial charge in [0.2, 0.25) is 0 Å². The molecule has 0 aromatic carbocycles. The fourth-order valence-corrected chi connectivity index (χ4v) is 4.01. The van der Waals surface area contributed by atoms with Crippen molar-refractivity contribution in [2.75, 3.05) is 0 Å². The van der Waals surface area contributed by atoms with Crippen LogP contribution in [0.2, 0.25) is 0 Å². The first kappa shape index (κ1) is 28.1. The van der Waals surface area contributed by atoms with Gasteiger partial charge in [-0.1, -0.05) is 84.0 Å². The van der Waals surface area contributed by atoms with Gasteiger partial charge in [0.15, 0.2) is 0 Å². The van der Waals surface area contributed by atoms with E-state index in [1.165, 1.54) is 19.3 Å². The molecule has 2 unspecified atom stereocenters. The zero-order valence-electron chi connectivity index (χ0n) is 16.8. The number of rotatable bonds is 17. The Labute approximate surface area is 178 Å². The van der Waals surface area contributed by atoms with Gasteiger partial charge in [-0.15, -0.1) is 0 Å². The molecule has 0 aliphatic carbocycles. The van der Waals surface area contributed by atoms with Crippen molar-refractivity contribution in [3.05, 3.63) is 0 Å². The van der Waals surface area contributed by atoms with Gasteiger partial charge in [-0.3, -0.25) is 0 Å². The Morgan fingerprint density at radius 1 is 0.760 bits per heavy atom. The van der Waals surface area contributed by atoms with Crippen LogP contribution in [0.5, 0.6) is 0 Å². The van der Waals surface area contributed by atoms with E-state index >= 15 is 0 Å². The molecule has 0 fully saturated rings. The van der Waals surface area contributed by atoms with Crippen LogP contribution in [0.15, 0.2) is 0 Å². The normalized spacial score (nSPS) is 14.1. The summed E-state index contributed by atoms with van der Waals surface area (Å²) >= 11 is 0. The van der Waals surface area contributed by atoms with E-state index in [-0.39, 0.29) is 35.7 Å². The molecule has 0 saturated carbocycles. The molecule has 0 amide bonds. The molecule has 25 heavy (non-hydrogen) atoms. The van der Waals surface area contributed by atoms with Gasteiger partial charge in [-0.2, -0.15) is 0 Å². The Balaban J connectivity index is 0. The predicted molar refractivity (Wildman–Crippen MR) is 100 cm³/mol. The Hall–Kier alpha value is 0.870. The molecule has 0 bridgehead atoms. The number of hydrogen-bond acceptors (Lipinski definition) is 4. The second kappa shape index (κ2) is 18.2. The fraction of sp³-hybridized carbons (Fsp3) is 1.00. The molecular formula is C19H39NaO4S. The van der Waals surface area contributed by atoms with Gasteiger partial charge < -0.3 is 9.66 Å². The third-order valence-electron chi connectivity index (χ3n) is 4.69. The average Bonchev–Trinajstić information content (AvgIpc) is 2.49. The van der Waals surface area contributed by atoms with Crippen LogP contribution in [-0.4, -0.2) is 29.4 Å². The van der Waals surface area contributed by atoms with Crippen LogP contribution in [0.3, 0.4) is 0 Å². The molecule has 0 spiro atoms. The van der Waals surface area contributed by atoms with E-state index in [1.807, 2.05) is 6.92 Å². The first-order valence-corrected chi connectivity index (χ1v) is 11.5. The van der Waals surface area contributed by atoms with Crippen LogP contribution in [0.1, 0.15) is 110 Å². The van der Waals surface area contributed by atoms with Crippen LogP contribution >= 0.6 is 0 Å². The number of aliphatic hydroxyl groups is 1. The third kappa shape index (κ3) is 19.4. The van der Waals surface area contributed by atoms with E-state index < -0.39 is 15.4 Å². The second-order valence-electron chi connectivity index (χ2n) is 7.22. The van der Waals surface area contributed by atoms with Gasteiger partial charge in [-0.05, 0) is 26.2 Å².